The number of rotatable bonds is 1. The molecule has 3 rings (SSSR count). The van der Waals surface area contributed by atoms with Gasteiger partial charge in [0.1, 0.15) is 5.75 Å². The fourth-order valence-corrected chi connectivity index (χ4v) is 2.66. The van der Waals surface area contributed by atoms with Crippen molar-refractivity contribution in [3.63, 3.8) is 0 Å². The summed E-state index contributed by atoms with van der Waals surface area (Å²) in [7, 11) is 0. The fourth-order valence-electron chi connectivity index (χ4n) is 2.66. The third-order valence-electron chi connectivity index (χ3n) is 3.95. The van der Waals surface area contributed by atoms with Crippen molar-refractivity contribution in [2.45, 2.75) is 26.7 Å². The number of phenols is 1. The van der Waals surface area contributed by atoms with E-state index in [9.17, 15) is 5.11 Å². The number of benzene rings is 3. The number of hydrogen-bond acceptors (Lipinski definition) is 1. The van der Waals surface area contributed by atoms with Gasteiger partial charge in [-0.1, -0.05) is 50.2 Å². The van der Waals surface area contributed by atoms with Crippen molar-refractivity contribution in [2.75, 3.05) is 0 Å². The second-order valence-corrected chi connectivity index (χ2v) is 5.51. The van der Waals surface area contributed by atoms with E-state index in [0.717, 1.165) is 10.9 Å². The Labute approximate surface area is 113 Å². The SMILES string of the molecule is Cc1c(O)ccc2c1ccc1cc(C(C)C)ccc12. The molecule has 1 nitrogen and oxygen atoms in total. The molecule has 0 saturated carbocycles. The van der Waals surface area contributed by atoms with Gasteiger partial charge < -0.3 is 5.11 Å². The van der Waals surface area contributed by atoms with Gasteiger partial charge in [-0.15, -0.1) is 0 Å². The Morgan fingerprint density at radius 3 is 2.26 bits per heavy atom. The van der Waals surface area contributed by atoms with Crippen LogP contribution in [0.15, 0.2) is 42.5 Å². The van der Waals surface area contributed by atoms with E-state index in [1.807, 2.05) is 13.0 Å². The van der Waals surface area contributed by atoms with Crippen molar-refractivity contribution < 1.29 is 5.11 Å². The van der Waals surface area contributed by atoms with Crippen molar-refractivity contribution in [2.24, 2.45) is 0 Å². The summed E-state index contributed by atoms with van der Waals surface area (Å²) in [6.45, 7) is 6.39. The molecule has 0 atom stereocenters. The second-order valence-electron chi connectivity index (χ2n) is 5.51. The minimum Gasteiger partial charge on any atom is -0.508 e. The number of fused-ring (bicyclic) bond motifs is 3. The predicted octanol–water partition coefficient (Wildman–Crippen LogP) is 5.13. The number of hydrogen-bond donors (Lipinski definition) is 1. The van der Waals surface area contributed by atoms with Crippen LogP contribution >= 0.6 is 0 Å². The van der Waals surface area contributed by atoms with E-state index in [2.05, 4.69) is 44.2 Å². The minimum absolute atomic E-state index is 0.366. The molecule has 0 aliphatic heterocycles. The molecule has 0 saturated heterocycles. The van der Waals surface area contributed by atoms with E-state index < -0.39 is 0 Å². The Morgan fingerprint density at radius 1 is 0.842 bits per heavy atom. The van der Waals surface area contributed by atoms with Crippen LogP contribution in [0.3, 0.4) is 0 Å². The first kappa shape index (κ1) is 12.0. The molecule has 0 spiro atoms. The normalized spacial score (nSPS) is 11.6. The van der Waals surface area contributed by atoms with E-state index in [0.29, 0.717) is 11.7 Å². The van der Waals surface area contributed by atoms with Gasteiger partial charge in [-0.05, 0) is 51.6 Å². The van der Waals surface area contributed by atoms with Crippen molar-refractivity contribution in [3.05, 3.63) is 53.6 Å². The highest BCUT2D eigenvalue weighted by Gasteiger charge is 2.07. The van der Waals surface area contributed by atoms with Crippen molar-refractivity contribution in [3.8, 4) is 5.75 Å². The Kier molecular flexibility index (Phi) is 2.70. The molecular formula is C18H18O. The molecule has 0 aliphatic rings. The maximum Gasteiger partial charge on any atom is 0.119 e. The first-order valence-corrected chi connectivity index (χ1v) is 6.73. The number of aryl methyl sites for hydroxylation is 1. The highest BCUT2D eigenvalue weighted by Crippen LogP contribution is 2.32. The van der Waals surface area contributed by atoms with Crippen LogP contribution in [0.2, 0.25) is 0 Å². The molecule has 1 N–H and O–H groups in total. The molecule has 0 bridgehead atoms. The number of phenolic OH excluding ortho intramolecular Hbond substituents is 1. The van der Waals surface area contributed by atoms with Gasteiger partial charge in [0.15, 0.2) is 0 Å². The highest BCUT2D eigenvalue weighted by molar-refractivity contribution is 6.09. The maximum absolute atomic E-state index is 9.81. The van der Waals surface area contributed by atoms with Gasteiger partial charge in [0.2, 0.25) is 0 Å². The number of aromatic hydroxyl groups is 1. The summed E-state index contributed by atoms with van der Waals surface area (Å²) in [5.74, 6) is 0.910. The molecule has 0 aromatic heterocycles. The zero-order valence-corrected chi connectivity index (χ0v) is 11.6. The van der Waals surface area contributed by atoms with E-state index >= 15 is 0 Å². The molecule has 1 heteroatoms. The molecule has 3 aromatic rings. The van der Waals surface area contributed by atoms with Crippen LogP contribution in [0.1, 0.15) is 30.9 Å². The molecule has 0 aliphatic carbocycles. The lowest BCUT2D eigenvalue weighted by molar-refractivity contribution is 0.472. The van der Waals surface area contributed by atoms with Gasteiger partial charge in [-0.25, -0.2) is 0 Å². The topological polar surface area (TPSA) is 20.2 Å². The molecule has 0 amide bonds. The van der Waals surface area contributed by atoms with Crippen LogP contribution in [0.4, 0.5) is 0 Å². The molecule has 0 heterocycles. The zero-order valence-electron chi connectivity index (χ0n) is 11.6. The van der Waals surface area contributed by atoms with Crippen molar-refractivity contribution in [1.82, 2.24) is 0 Å². The van der Waals surface area contributed by atoms with Gasteiger partial charge in [0.05, 0.1) is 0 Å². The van der Waals surface area contributed by atoms with Gasteiger partial charge in [-0.2, -0.15) is 0 Å². The Morgan fingerprint density at radius 2 is 1.53 bits per heavy atom. The lowest BCUT2D eigenvalue weighted by atomic mass is 9.94. The van der Waals surface area contributed by atoms with Crippen LogP contribution in [-0.4, -0.2) is 5.11 Å². The Hall–Kier alpha value is -2.02. The van der Waals surface area contributed by atoms with Crippen LogP contribution in [0.5, 0.6) is 5.75 Å². The molecule has 19 heavy (non-hydrogen) atoms. The smallest absolute Gasteiger partial charge is 0.119 e. The van der Waals surface area contributed by atoms with Crippen LogP contribution in [0.25, 0.3) is 21.5 Å². The molecule has 0 unspecified atom stereocenters. The summed E-state index contributed by atoms with van der Waals surface area (Å²) >= 11 is 0. The zero-order chi connectivity index (χ0) is 13.6. The Balaban J connectivity index is 2.38. The summed E-state index contributed by atoms with van der Waals surface area (Å²) in [4.78, 5) is 0. The summed E-state index contributed by atoms with van der Waals surface area (Å²) in [5, 5.41) is 14.7. The van der Waals surface area contributed by atoms with Crippen LogP contribution in [-0.2, 0) is 0 Å². The minimum atomic E-state index is 0.366. The molecule has 3 aromatic carbocycles. The van der Waals surface area contributed by atoms with E-state index in [4.69, 9.17) is 0 Å². The van der Waals surface area contributed by atoms with Gasteiger partial charge >= 0.3 is 0 Å². The first-order valence-electron chi connectivity index (χ1n) is 6.73. The second kappa shape index (κ2) is 4.27. The third-order valence-corrected chi connectivity index (χ3v) is 3.95. The van der Waals surface area contributed by atoms with E-state index in [1.54, 1.807) is 6.07 Å². The van der Waals surface area contributed by atoms with Crippen LogP contribution < -0.4 is 0 Å². The quantitative estimate of drug-likeness (QED) is 0.593. The largest absolute Gasteiger partial charge is 0.508 e. The maximum atomic E-state index is 9.81. The van der Waals surface area contributed by atoms with Crippen LogP contribution in [0, 0.1) is 6.92 Å². The third kappa shape index (κ3) is 1.86. The van der Waals surface area contributed by atoms with Gasteiger partial charge in [0, 0.05) is 0 Å². The Bertz CT molecular complexity index is 769. The summed E-state index contributed by atoms with van der Waals surface area (Å²) in [5.41, 5.74) is 2.31. The molecule has 0 radical (unpaired) electrons. The average molecular weight is 250 g/mol. The predicted molar refractivity (Wildman–Crippen MR) is 81.9 cm³/mol. The monoisotopic (exact) mass is 250 g/mol. The first-order chi connectivity index (χ1) is 9.08. The molecular weight excluding hydrogens is 232 g/mol. The van der Waals surface area contributed by atoms with Gasteiger partial charge in [0.25, 0.3) is 0 Å². The molecule has 96 valence electrons. The van der Waals surface area contributed by atoms with Crippen molar-refractivity contribution in [1.29, 1.82) is 0 Å². The average Bonchev–Trinajstić information content (AvgIpc) is 2.41. The standard InChI is InChI=1S/C18H18O/c1-11(2)13-4-7-16-14(10-13)5-6-15-12(3)18(19)9-8-17(15)16/h4-11,19H,1-3H3. The lowest BCUT2D eigenvalue weighted by Gasteiger charge is -2.11. The summed E-state index contributed by atoms with van der Waals surface area (Å²) in [6.07, 6.45) is 0. The summed E-state index contributed by atoms with van der Waals surface area (Å²) < 4.78 is 0. The molecule has 0 fully saturated rings. The lowest BCUT2D eigenvalue weighted by Crippen LogP contribution is -1.88. The van der Waals surface area contributed by atoms with E-state index in [-0.39, 0.29) is 0 Å². The van der Waals surface area contributed by atoms with Gasteiger partial charge in [-0.3, -0.25) is 0 Å². The fraction of sp³-hybridized carbons (Fsp3) is 0.222. The summed E-state index contributed by atoms with van der Waals surface area (Å²) in [6, 6.07) is 14.7. The van der Waals surface area contributed by atoms with E-state index in [1.165, 1.54) is 21.7 Å². The van der Waals surface area contributed by atoms with Crippen molar-refractivity contribution >= 4 is 21.5 Å². The highest BCUT2D eigenvalue weighted by atomic mass is 16.3.